The van der Waals surface area contributed by atoms with Crippen LogP contribution in [-0.4, -0.2) is 28.8 Å². The molecule has 2 rings (SSSR count). The number of rotatable bonds is 2. The van der Waals surface area contributed by atoms with Crippen molar-refractivity contribution in [3.63, 3.8) is 0 Å². The van der Waals surface area contributed by atoms with E-state index in [-0.39, 0.29) is 17.6 Å². The molecule has 0 radical (unpaired) electrons. The van der Waals surface area contributed by atoms with E-state index in [2.05, 4.69) is 0 Å². The monoisotopic (exact) mass is 331 g/mol. The molecule has 0 aliphatic carbocycles. The lowest BCUT2D eigenvalue weighted by atomic mass is 10.1. The SMILES string of the molecule is CCOC(=O)c1cn(C(=O)OC(C)(C)C)c2ccc(C)cc2c1=O. The lowest BCUT2D eigenvalue weighted by Gasteiger charge is -2.21. The molecule has 0 bridgehead atoms. The van der Waals surface area contributed by atoms with E-state index >= 15 is 0 Å². The van der Waals surface area contributed by atoms with Crippen LogP contribution in [0, 0.1) is 6.92 Å². The number of esters is 1. The molecule has 0 aliphatic heterocycles. The van der Waals surface area contributed by atoms with E-state index in [9.17, 15) is 14.4 Å². The topological polar surface area (TPSA) is 74.6 Å². The fraction of sp³-hybridized carbons (Fsp3) is 0.389. The molecular formula is C18H21NO5. The van der Waals surface area contributed by atoms with Crippen LogP contribution >= 0.6 is 0 Å². The smallest absolute Gasteiger partial charge is 0.419 e. The van der Waals surface area contributed by atoms with Gasteiger partial charge in [0.1, 0.15) is 11.2 Å². The van der Waals surface area contributed by atoms with Crippen LogP contribution in [0.5, 0.6) is 0 Å². The van der Waals surface area contributed by atoms with Gasteiger partial charge in [0.25, 0.3) is 0 Å². The van der Waals surface area contributed by atoms with Crippen molar-refractivity contribution in [3.05, 3.63) is 45.7 Å². The van der Waals surface area contributed by atoms with Gasteiger partial charge in [0, 0.05) is 11.6 Å². The van der Waals surface area contributed by atoms with Crippen molar-refractivity contribution in [1.82, 2.24) is 4.57 Å². The lowest BCUT2D eigenvalue weighted by molar-refractivity contribution is 0.0521. The Bertz CT molecular complexity index is 858. The van der Waals surface area contributed by atoms with Crippen LogP contribution in [0.3, 0.4) is 0 Å². The van der Waals surface area contributed by atoms with Crippen molar-refractivity contribution < 1.29 is 19.1 Å². The Hall–Kier alpha value is -2.63. The first-order chi connectivity index (χ1) is 11.1. The van der Waals surface area contributed by atoms with E-state index in [0.29, 0.717) is 5.52 Å². The van der Waals surface area contributed by atoms with Crippen molar-refractivity contribution in [3.8, 4) is 0 Å². The van der Waals surface area contributed by atoms with Gasteiger partial charge in [0.2, 0.25) is 5.43 Å². The zero-order valence-corrected chi connectivity index (χ0v) is 14.5. The van der Waals surface area contributed by atoms with Gasteiger partial charge in [-0.3, -0.25) is 9.36 Å². The summed E-state index contributed by atoms with van der Waals surface area (Å²) in [6.45, 7) is 8.84. The van der Waals surface area contributed by atoms with Crippen molar-refractivity contribution in [1.29, 1.82) is 0 Å². The fourth-order valence-corrected chi connectivity index (χ4v) is 2.26. The first kappa shape index (κ1) is 17.7. The fourth-order valence-electron chi connectivity index (χ4n) is 2.26. The number of aryl methyl sites for hydroxylation is 1. The molecule has 0 unspecified atom stereocenters. The second-order valence-electron chi connectivity index (χ2n) is 6.46. The van der Waals surface area contributed by atoms with Crippen LogP contribution in [0.2, 0.25) is 0 Å². The number of benzene rings is 1. The van der Waals surface area contributed by atoms with Crippen LogP contribution in [0.1, 0.15) is 43.6 Å². The quantitative estimate of drug-likeness (QED) is 0.790. The van der Waals surface area contributed by atoms with Crippen molar-refractivity contribution in [2.24, 2.45) is 0 Å². The summed E-state index contributed by atoms with van der Waals surface area (Å²) in [7, 11) is 0. The summed E-state index contributed by atoms with van der Waals surface area (Å²) in [4.78, 5) is 37.1. The Morgan fingerprint density at radius 3 is 2.46 bits per heavy atom. The van der Waals surface area contributed by atoms with Crippen molar-refractivity contribution in [2.45, 2.75) is 40.2 Å². The number of carbonyl (C=O) groups excluding carboxylic acids is 2. The first-order valence-corrected chi connectivity index (χ1v) is 7.70. The maximum atomic E-state index is 12.6. The summed E-state index contributed by atoms with van der Waals surface area (Å²) in [6, 6.07) is 5.08. The summed E-state index contributed by atoms with van der Waals surface area (Å²) in [6.07, 6.45) is 0.522. The molecule has 1 aromatic carbocycles. The Labute approximate surface area is 140 Å². The minimum atomic E-state index is -0.761. The normalized spacial score (nSPS) is 11.4. The van der Waals surface area contributed by atoms with Crippen LogP contribution in [-0.2, 0) is 9.47 Å². The highest BCUT2D eigenvalue weighted by atomic mass is 16.6. The molecule has 2 aromatic rings. The predicted molar refractivity (Wildman–Crippen MR) is 90.5 cm³/mol. The number of fused-ring (bicyclic) bond motifs is 1. The van der Waals surface area contributed by atoms with Crippen LogP contribution in [0.4, 0.5) is 4.79 Å². The maximum absolute atomic E-state index is 12.6. The molecule has 0 spiro atoms. The van der Waals surface area contributed by atoms with E-state index < -0.39 is 23.1 Å². The lowest BCUT2D eigenvalue weighted by Crippen LogP contribution is -2.29. The Kier molecular flexibility index (Phi) is 4.78. The average Bonchev–Trinajstić information content (AvgIpc) is 2.46. The van der Waals surface area contributed by atoms with E-state index in [1.165, 1.54) is 10.8 Å². The summed E-state index contributed by atoms with van der Waals surface area (Å²) < 4.78 is 11.5. The van der Waals surface area contributed by atoms with Gasteiger partial charge in [0.15, 0.2) is 0 Å². The van der Waals surface area contributed by atoms with Gasteiger partial charge in [-0.25, -0.2) is 9.59 Å². The standard InChI is InChI=1S/C18H21NO5/c1-6-23-16(21)13-10-19(17(22)24-18(3,4)5)14-8-7-11(2)9-12(14)15(13)20/h7-10H,6H2,1-5H3. The predicted octanol–water partition coefficient (Wildman–Crippen LogP) is 3.27. The largest absolute Gasteiger partial charge is 0.462 e. The van der Waals surface area contributed by atoms with Gasteiger partial charge in [-0.1, -0.05) is 11.6 Å². The molecule has 0 saturated carbocycles. The third kappa shape index (κ3) is 3.64. The highest BCUT2D eigenvalue weighted by molar-refractivity contribution is 5.97. The zero-order chi connectivity index (χ0) is 18.1. The molecule has 128 valence electrons. The Morgan fingerprint density at radius 1 is 1.21 bits per heavy atom. The number of pyridine rings is 1. The van der Waals surface area contributed by atoms with E-state index in [0.717, 1.165) is 5.56 Å². The highest BCUT2D eigenvalue weighted by Crippen LogP contribution is 2.17. The minimum Gasteiger partial charge on any atom is -0.462 e. The second-order valence-corrected chi connectivity index (χ2v) is 6.46. The third-order valence-electron chi connectivity index (χ3n) is 3.24. The van der Waals surface area contributed by atoms with Gasteiger partial charge in [-0.05, 0) is 46.8 Å². The molecule has 24 heavy (non-hydrogen) atoms. The zero-order valence-electron chi connectivity index (χ0n) is 14.5. The molecule has 0 saturated heterocycles. The molecule has 0 aliphatic rings. The second kappa shape index (κ2) is 6.47. The van der Waals surface area contributed by atoms with Gasteiger partial charge in [0.05, 0.1) is 12.1 Å². The summed E-state index contributed by atoms with van der Waals surface area (Å²) in [5, 5.41) is 0.270. The molecule has 0 N–H and O–H groups in total. The first-order valence-electron chi connectivity index (χ1n) is 7.70. The van der Waals surface area contributed by atoms with E-state index in [1.54, 1.807) is 45.9 Å². The number of carbonyl (C=O) groups is 2. The number of ether oxygens (including phenoxy) is 2. The molecule has 0 amide bonds. The summed E-state index contributed by atoms with van der Waals surface area (Å²) in [5.74, 6) is -0.761. The number of aromatic nitrogens is 1. The highest BCUT2D eigenvalue weighted by Gasteiger charge is 2.23. The average molecular weight is 331 g/mol. The van der Waals surface area contributed by atoms with E-state index in [1.807, 2.05) is 6.92 Å². The maximum Gasteiger partial charge on any atom is 0.419 e. The molecule has 0 fully saturated rings. The third-order valence-corrected chi connectivity index (χ3v) is 3.24. The molecule has 1 heterocycles. The minimum absolute atomic E-state index is 0.135. The van der Waals surface area contributed by atoms with Crippen molar-refractivity contribution in [2.75, 3.05) is 6.61 Å². The number of hydrogen-bond acceptors (Lipinski definition) is 5. The van der Waals surface area contributed by atoms with Gasteiger partial charge < -0.3 is 9.47 Å². The van der Waals surface area contributed by atoms with Gasteiger partial charge in [-0.2, -0.15) is 0 Å². The molecule has 6 nitrogen and oxygen atoms in total. The van der Waals surface area contributed by atoms with Crippen molar-refractivity contribution >= 4 is 23.0 Å². The summed E-state index contributed by atoms with van der Waals surface area (Å²) >= 11 is 0. The molecule has 0 atom stereocenters. The van der Waals surface area contributed by atoms with Crippen LogP contribution in [0.15, 0.2) is 29.2 Å². The van der Waals surface area contributed by atoms with Crippen LogP contribution in [0.25, 0.3) is 10.9 Å². The molecule has 1 aromatic heterocycles. The Morgan fingerprint density at radius 2 is 1.88 bits per heavy atom. The molecule has 6 heteroatoms. The van der Waals surface area contributed by atoms with E-state index in [4.69, 9.17) is 9.47 Å². The number of hydrogen-bond donors (Lipinski definition) is 0. The number of nitrogens with zero attached hydrogens (tertiary/aromatic N) is 1. The summed E-state index contributed by atoms with van der Waals surface area (Å²) in [5.41, 5.74) is -0.140. The van der Waals surface area contributed by atoms with Gasteiger partial charge >= 0.3 is 12.1 Å². The van der Waals surface area contributed by atoms with Crippen LogP contribution < -0.4 is 5.43 Å². The van der Waals surface area contributed by atoms with Gasteiger partial charge in [-0.15, -0.1) is 0 Å². The Balaban J connectivity index is 2.73. The molecular weight excluding hydrogens is 310 g/mol.